The molecule has 3 saturated heterocycles. The van der Waals surface area contributed by atoms with Gasteiger partial charge in [-0.3, -0.25) is 0 Å². The molecule has 0 aromatic heterocycles. The molecular formula is C21H39BrN8. The number of fused-ring (bicyclic) bond motifs is 15. The lowest BCUT2D eigenvalue weighted by Gasteiger charge is -2.37. The van der Waals surface area contributed by atoms with Crippen molar-refractivity contribution in [3.05, 3.63) is 34.3 Å². The Morgan fingerprint density at radius 1 is 0.700 bits per heavy atom. The van der Waals surface area contributed by atoms with Crippen molar-refractivity contribution in [1.82, 2.24) is 37.2 Å². The van der Waals surface area contributed by atoms with Crippen LogP contribution >= 0.6 is 15.9 Å². The minimum Gasteiger partial charge on any atom is -0.322 e. The third-order valence-electron chi connectivity index (χ3n) is 5.84. The van der Waals surface area contributed by atoms with Gasteiger partial charge >= 0.3 is 0 Å². The van der Waals surface area contributed by atoms with Gasteiger partial charge < -0.3 is 43.0 Å². The van der Waals surface area contributed by atoms with E-state index in [1.165, 1.54) is 5.56 Å². The van der Waals surface area contributed by atoms with Crippen molar-refractivity contribution in [3.8, 4) is 0 Å². The Hall–Kier alpha value is -0.620. The zero-order valence-electron chi connectivity index (χ0n) is 18.0. The number of nitrogens with two attached hydrogens (primary N) is 1. The van der Waals surface area contributed by atoms with Gasteiger partial charge in [0.25, 0.3) is 0 Å². The largest absolute Gasteiger partial charge is 0.322 e. The van der Waals surface area contributed by atoms with Crippen molar-refractivity contribution in [2.24, 2.45) is 5.73 Å². The monoisotopic (exact) mass is 482 g/mol. The van der Waals surface area contributed by atoms with E-state index in [-0.39, 0.29) is 11.1 Å². The Kier molecular flexibility index (Phi) is 9.95. The first kappa shape index (κ1) is 24.0. The van der Waals surface area contributed by atoms with Crippen LogP contribution in [0, 0.1) is 0 Å². The van der Waals surface area contributed by atoms with E-state index >= 15 is 0 Å². The predicted molar refractivity (Wildman–Crippen MR) is 128 cm³/mol. The first-order valence-corrected chi connectivity index (χ1v) is 11.9. The molecule has 0 unspecified atom stereocenters. The third kappa shape index (κ3) is 8.14. The van der Waals surface area contributed by atoms with Gasteiger partial charge in [0, 0.05) is 89.6 Å². The quantitative estimate of drug-likeness (QED) is 0.264. The van der Waals surface area contributed by atoms with Gasteiger partial charge in [0.1, 0.15) is 0 Å². The van der Waals surface area contributed by atoms with Gasteiger partial charge in [-0.15, -0.1) is 0 Å². The summed E-state index contributed by atoms with van der Waals surface area (Å²) in [5.74, 6) is 0. The van der Waals surface area contributed by atoms with Crippen LogP contribution in [0.5, 0.6) is 0 Å². The van der Waals surface area contributed by atoms with E-state index in [0.717, 1.165) is 89.6 Å². The van der Waals surface area contributed by atoms with E-state index < -0.39 is 0 Å². The molecule has 8 nitrogen and oxygen atoms in total. The molecule has 3 fully saturated rings. The summed E-state index contributed by atoms with van der Waals surface area (Å²) in [6.07, 6.45) is 0. The minimum absolute atomic E-state index is 0.0844. The van der Waals surface area contributed by atoms with Crippen molar-refractivity contribution in [2.75, 3.05) is 78.5 Å². The molecule has 0 saturated carbocycles. The zero-order valence-corrected chi connectivity index (χ0v) is 19.5. The maximum atomic E-state index is 6.66. The summed E-state index contributed by atoms with van der Waals surface area (Å²) in [7, 11) is 0. The molecule has 0 aliphatic carbocycles. The lowest BCUT2D eigenvalue weighted by Crippen LogP contribution is -2.66. The van der Waals surface area contributed by atoms with Gasteiger partial charge in [-0.05, 0) is 17.7 Å². The summed E-state index contributed by atoms with van der Waals surface area (Å²) in [5, 5.41) is 25.5. The fourth-order valence-electron chi connectivity index (χ4n) is 3.98. The molecule has 3 aliphatic rings. The highest BCUT2D eigenvalue weighted by Gasteiger charge is 2.30. The van der Waals surface area contributed by atoms with E-state index in [0.29, 0.717) is 0 Å². The van der Waals surface area contributed by atoms with Crippen LogP contribution in [0.15, 0.2) is 28.7 Å². The molecule has 0 radical (unpaired) electrons. The molecule has 9 N–H and O–H groups in total. The minimum atomic E-state index is -0.287. The fraction of sp³-hybridized carbons (Fsp3) is 0.714. The highest BCUT2D eigenvalue weighted by molar-refractivity contribution is 9.10. The van der Waals surface area contributed by atoms with Crippen LogP contribution in [0.2, 0.25) is 0 Å². The first-order chi connectivity index (χ1) is 14.6. The zero-order chi connectivity index (χ0) is 21.1. The maximum absolute atomic E-state index is 6.66. The van der Waals surface area contributed by atoms with Gasteiger partial charge in [-0.25, -0.2) is 0 Å². The Balaban J connectivity index is 1.70. The molecule has 1 aromatic carbocycles. The van der Waals surface area contributed by atoms with E-state index in [1.807, 2.05) is 0 Å². The predicted octanol–water partition coefficient (Wildman–Crippen LogP) is -1.46. The average Bonchev–Trinajstić information content (AvgIpc) is 2.74. The summed E-state index contributed by atoms with van der Waals surface area (Å²) in [6.45, 7) is 11.3. The van der Waals surface area contributed by atoms with Crippen molar-refractivity contribution < 1.29 is 0 Å². The average molecular weight is 484 g/mol. The lowest BCUT2D eigenvalue weighted by molar-refractivity contribution is 0.269. The molecule has 3 aliphatic heterocycles. The molecule has 2 bridgehead atoms. The van der Waals surface area contributed by atoms with E-state index in [9.17, 15) is 0 Å². The molecule has 170 valence electrons. The third-order valence-corrected chi connectivity index (χ3v) is 6.37. The Labute approximate surface area is 189 Å². The van der Waals surface area contributed by atoms with Crippen molar-refractivity contribution in [1.29, 1.82) is 0 Å². The SMILES string of the molecule is NC12CNCCNCC(NCc3ccc(Br)cc3)(CNCCNC1)CNCCNC2. The number of halogens is 1. The van der Waals surface area contributed by atoms with Crippen LogP contribution in [-0.4, -0.2) is 89.6 Å². The second-order valence-electron chi connectivity index (χ2n) is 8.68. The van der Waals surface area contributed by atoms with Crippen LogP contribution in [-0.2, 0) is 6.54 Å². The van der Waals surface area contributed by atoms with Gasteiger partial charge in [-0.2, -0.15) is 0 Å². The maximum Gasteiger partial charge on any atom is 0.0561 e. The number of hydrogen-bond acceptors (Lipinski definition) is 8. The van der Waals surface area contributed by atoms with E-state index in [2.05, 4.69) is 77.4 Å². The lowest BCUT2D eigenvalue weighted by atomic mass is 9.97. The normalized spacial score (nSPS) is 30.5. The van der Waals surface area contributed by atoms with Gasteiger partial charge in [0.05, 0.1) is 11.1 Å². The van der Waals surface area contributed by atoms with Crippen molar-refractivity contribution >= 4 is 15.9 Å². The van der Waals surface area contributed by atoms with Crippen molar-refractivity contribution in [2.45, 2.75) is 17.6 Å². The highest BCUT2D eigenvalue weighted by atomic mass is 79.9. The number of benzene rings is 1. The van der Waals surface area contributed by atoms with Crippen LogP contribution in [0.1, 0.15) is 5.56 Å². The second kappa shape index (κ2) is 12.4. The number of rotatable bonds is 3. The molecule has 0 amide bonds. The van der Waals surface area contributed by atoms with Crippen LogP contribution in [0.4, 0.5) is 0 Å². The summed E-state index contributed by atoms with van der Waals surface area (Å²) in [5.41, 5.74) is 7.58. The topological polar surface area (TPSA) is 110 Å². The molecule has 4 rings (SSSR count). The number of nitrogens with one attached hydrogen (secondary N) is 7. The number of hydrogen-bond donors (Lipinski definition) is 8. The van der Waals surface area contributed by atoms with Crippen LogP contribution in [0.25, 0.3) is 0 Å². The Bertz CT molecular complexity index is 568. The van der Waals surface area contributed by atoms with Gasteiger partial charge in [0.15, 0.2) is 0 Å². The standard InChI is InChI=1S/C21H39BrN8/c22-19-3-1-18(2-4-19)11-30-21-15-27-8-5-24-12-20(23,13-25-6-9-28-16-21)14-26-7-10-29-17-21/h1-4,24-30H,5-17,23H2. The molecule has 3 heterocycles. The van der Waals surface area contributed by atoms with Crippen molar-refractivity contribution in [3.63, 3.8) is 0 Å². The van der Waals surface area contributed by atoms with E-state index in [4.69, 9.17) is 5.73 Å². The van der Waals surface area contributed by atoms with Crippen LogP contribution in [0.3, 0.4) is 0 Å². The van der Waals surface area contributed by atoms with E-state index in [1.54, 1.807) is 0 Å². The first-order valence-electron chi connectivity index (χ1n) is 11.1. The highest BCUT2D eigenvalue weighted by Crippen LogP contribution is 2.12. The fourth-order valence-corrected chi connectivity index (χ4v) is 4.24. The second-order valence-corrected chi connectivity index (χ2v) is 9.60. The molecule has 30 heavy (non-hydrogen) atoms. The summed E-state index contributed by atoms with van der Waals surface area (Å²) >= 11 is 3.52. The molecule has 9 heteroatoms. The Morgan fingerprint density at radius 3 is 1.53 bits per heavy atom. The summed E-state index contributed by atoms with van der Waals surface area (Å²) in [6, 6.07) is 8.55. The molecular weight excluding hydrogens is 444 g/mol. The summed E-state index contributed by atoms with van der Waals surface area (Å²) < 4.78 is 1.11. The van der Waals surface area contributed by atoms with Gasteiger partial charge in [-0.1, -0.05) is 28.1 Å². The van der Waals surface area contributed by atoms with Crippen LogP contribution < -0.4 is 43.0 Å². The van der Waals surface area contributed by atoms with Gasteiger partial charge in [0.2, 0.25) is 0 Å². The Morgan fingerprint density at radius 2 is 1.10 bits per heavy atom. The molecule has 0 atom stereocenters. The molecule has 1 aromatic rings. The smallest absolute Gasteiger partial charge is 0.0561 e. The molecule has 0 spiro atoms. The summed E-state index contributed by atoms with van der Waals surface area (Å²) in [4.78, 5) is 0.